The van der Waals surface area contributed by atoms with Crippen LogP contribution in [0.15, 0.2) is 5.16 Å². The van der Waals surface area contributed by atoms with E-state index in [1.807, 2.05) is 13.8 Å². The zero-order chi connectivity index (χ0) is 9.03. The van der Waals surface area contributed by atoms with Crippen molar-refractivity contribution < 1.29 is 9.94 Å². The Bertz CT molecular complexity index is 162. The Hall–Kier alpha value is -0.610. The third-order valence-electron chi connectivity index (χ3n) is 2.20. The van der Waals surface area contributed by atoms with Crippen molar-refractivity contribution in [2.24, 2.45) is 5.16 Å². The molecule has 0 aromatic rings. The molecule has 1 aliphatic rings. The van der Waals surface area contributed by atoms with Gasteiger partial charge in [0.05, 0.1) is 25.0 Å². The Balaban J connectivity index is 2.53. The van der Waals surface area contributed by atoms with E-state index < -0.39 is 0 Å². The molecule has 0 saturated carbocycles. The molecule has 0 aromatic carbocycles. The van der Waals surface area contributed by atoms with Gasteiger partial charge >= 0.3 is 0 Å². The van der Waals surface area contributed by atoms with Crippen molar-refractivity contribution in [1.82, 2.24) is 4.90 Å². The van der Waals surface area contributed by atoms with Crippen molar-refractivity contribution in [3.05, 3.63) is 0 Å². The van der Waals surface area contributed by atoms with Crippen molar-refractivity contribution in [1.29, 1.82) is 0 Å². The van der Waals surface area contributed by atoms with Crippen LogP contribution in [0.5, 0.6) is 0 Å². The van der Waals surface area contributed by atoms with E-state index in [0.29, 0.717) is 0 Å². The molecule has 70 valence electrons. The first-order valence-corrected chi connectivity index (χ1v) is 4.18. The van der Waals surface area contributed by atoms with Crippen LogP contribution in [0.25, 0.3) is 0 Å². The van der Waals surface area contributed by atoms with Crippen molar-refractivity contribution >= 4 is 6.21 Å². The molecule has 0 unspecified atom stereocenters. The fraction of sp³-hybridized carbons (Fsp3) is 0.875. The number of nitrogens with zero attached hydrogens (tertiary/aromatic N) is 2. The van der Waals surface area contributed by atoms with Crippen LogP contribution >= 0.6 is 0 Å². The van der Waals surface area contributed by atoms with E-state index in [1.165, 1.54) is 0 Å². The summed E-state index contributed by atoms with van der Waals surface area (Å²) in [4.78, 5) is 2.23. The molecule has 1 N–H and O–H groups in total. The normalized spacial score (nSPS) is 21.8. The zero-order valence-electron chi connectivity index (χ0n) is 7.66. The first kappa shape index (κ1) is 9.48. The van der Waals surface area contributed by atoms with E-state index in [0.717, 1.165) is 26.3 Å². The number of hydrogen-bond acceptors (Lipinski definition) is 4. The molecule has 0 radical (unpaired) electrons. The fourth-order valence-corrected chi connectivity index (χ4v) is 1.36. The average Bonchev–Trinajstić information content (AvgIpc) is 2.06. The molecule has 4 nitrogen and oxygen atoms in total. The summed E-state index contributed by atoms with van der Waals surface area (Å²) in [5.41, 5.74) is -0.168. The summed E-state index contributed by atoms with van der Waals surface area (Å²) in [6, 6.07) is 0. The molecular formula is C8H16N2O2. The minimum absolute atomic E-state index is 0.168. The standard InChI is InChI=1S/C8H16N2O2/c1-8(2,7-9-11)10-3-5-12-6-4-10/h7,11H,3-6H2,1-2H3/b9-7-. The van der Waals surface area contributed by atoms with E-state index in [9.17, 15) is 0 Å². The highest BCUT2D eigenvalue weighted by Gasteiger charge is 2.26. The first-order valence-electron chi connectivity index (χ1n) is 4.18. The van der Waals surface area contributed by atoms with E-state index in [-0.39, 0.29) is 5.54 Å². The molecule has 0 atom stereocenters. The molecule has 12 heavy (non-hydrogen) atoms. The molecule has 4 heteroatoms. The lowest BCUT2D eigenvalue weighted by atomic mass is 10.0. The van der Waals surface area contributed by atoms with Gasteiger partial charge in [-0.15, -0.1) is 5.16 Å². The third kappa shape index (κ3) is 2.19. The molecule has 0 amide bonds. The predicted molar refractivity (Wildman–Crippen MR) is 46.7 cm³/mol. The summed E-state index contributed by atoms with van der Waals surface area (Å²) >= 11 is 0. The second-order valence-corrected chi connectivity index (χ2v) is 3.50. The monoisotopic (exact) mass is 172 g/mol. The van der Waals surface area contributed by atoms with Gasteiger partial charge in [-0.1, -0.05) is 0 Å². The Morgan fingerprint density at radius 1 is 1.42 bits per heavy atom. The summed E-state index contributed by atoms with van der Waals surface area (Å²) in [6.07, 6.45) is 1.55. The molecule has 1 aliphatic heterocycles. The van der Waals surface area contributed by atoms with Crippen LogP contribution in [-0.4, -0.2) is 48.2 Å². The molecule has 0 bridgehead atoms. The van der Waals surface area contributed by atoms with Gasteiger partial charge in [-0.3, -0.25) is 4.90 Å². The number of rotatable bonds is 2. The lowest BCUT2D eigenvalue weighted by molar-refractivity contribution is 0.0107. The quantitative estimate of drug-likeness (QED) is 0.376. The molecule has 1 rings (SSSR count). The van der Waals surface area contributed by atoms with Crippen molar-refractivity contribution in [2.75, 3.05) is 26.3 Å². The Labute approximate surface area is 72.8 Å². The van der Waals surface area contributed by atoms with Crippen LogP contribution in [0.3, 0.4) is 0 Å². The van der Waals surface area contributed by atoms with Gasteiger partial charge < -0.3 is 9.94 Å². The topological polar surface area (TPSA) is 45.1 Å². The summed E-state index contributed by atoms with van der Waals surface area (Å²) in [5, 5.41) is 11.5. The maximum atomic E-state index is 8.44. The van der Waals surface area contributed by atoms with E-state index in [2.05, 4.69) is 10.1 Å². The Morgan fingerprint density at radius 2 is 2.00 bits per heavy atom. The smallest absolute Gasteiger partial charge is 0.0633 e. The van der Waals surface area contributed by atoms with Crippen LogP contribution < -0.4 is 0 Å². The molecule has 1 heterocycles. The molecule has 0 aromatic heterocycles. The average molecular weight is 172 g/mol. The Kier molecular flexibility index (Phi) is 3.05. The van der Waals surface area contributed by atoms with Crippen LogP contribution in [-0.2, 0) is 4.74 Å². The van der Waals surface area contributed by atoms with Gasteiger partial charge in [-0.25, -0.2) is 0 Å². The van der Waals surface area contributed by atoms with E-state index in [1.54, 1.807) is 6.21 Å². The van der Waals surface area contributed by atoms with Gasteiger partial charge in [0.1, 0.15) is 0 Å². The first-order chi connectivity index (χ1) is 5.67. The largest absolute Gasteiger partial charge is 0.411 e. The summed E-state index contributed by atoms with van der Waals surface area (Å²) < 4.78 is 5.22. The van der Waals surface area contributed by atoms with Gasteiger partial charge in [0.2, 0.25) is 0 Å². The highest BCUT2D eigenvalue weighted by atomic mass is 16.5. The minimum Gasteiger partial charge on any atom is -0.411 e. The predicted octanol–water partition coefficient (Wildman–Crippen LogP) is 0.557. The summed E-state index contributed by atoms with van der Waals surface area (Å²) in [6.45, 7) is 7.39. The van der Waals surface area contributed by atoms with Gasteiger partial charge in [0, 0.05) is 13.1 Å². The summed E-state index contributed by atoms with van der Waals surface area (Å²) in [7, 11) is 0. The summed E-state index contributed by atoms with van der Waals surface area (Å²) in [5.74, 6) is 0. The van der Waals surface area contributed by atoms with Crippen LogP contribution in [0, 0.1) is 0 Å². The fourth-order valence-electron chi connectivity index (χ4n) is 1.36. The maximum Gasteiger partial charge on any atom is 0.0633 e. The van der Waals surface area contributed by atoms with Gasteiger partial charge in [-0.05, 0) is 13.8 Å². The van der Waals surface area contributed by atoms with E-state index >= 15 is 0 Å². The molecule has 1 fully saturated rings. The highest BCUT2D eigenvalue weighted by Crippen LogP contribution is 2.13. The van der Waals surface area contributed by atoms with Gasteiger partial charge in [-0.2, -0.15) is 0 Å². The van der Waals surface area contributed by atoms with Crippen LogP contribution in [0.2, 0.25) is 0 Å². The van der Waals surface area contributed by atoms with Crippen molar-refractivity contribution in [3.63, 3.8) is 0 Å². The number of ether oxygens (including phenoxy) is 1. The lowest BCUT2D eigenvalue weighted by Crippen LogP contribution is -2.50. The number of hydrogen-bond donors (Lipinski definition) is 1. The zero-order valence-corrected chi connectivity index (χ0v) is 7.66. The van der Waals surface area contributed by atoms with Crippen LogP contribution in [0.4, 0.5) is 0 Å². The van der Waals surface area contributed by atoms with Gasteiger partial charge in [0.25, 0.3) is 0 Å². The van der Waals surface area contributed by atoms with Crippen LogP contribution in [0.1, 0.15) is 13.8 Å². The maximum absolute atomic E-state index is 8.44. The lowest BCUT2D eigenvalue weighted by Gasteiger charge is -2.37. The number of morpholine rings is 1. The Morgan fingerprint density at radius 3 is 2.50 bits per heavy atom. The third-order valence-corrected chi connectivity index (χ3v) is 2.20. The second-order valence-electron chi connectivity index (χ2n) is 3.50. The molecule has 0 spiro atoms. The van der Waals surface area contributed by atoms with Crippen molar-refractivity contribution in [3.8, 4) is 0 Å². The number of oxime groups is 1. The van der Waals surface area contributed by atoms with Gasteiger partial charge in [0.15, 0.2) is 0 Å². The highest BCUT2D eigenvalue weighted by molar-refractivity contribution is 5.68. The molecular weight excluding hydrogens is 156 g/mol. The van der Waals surface area contributed by atoms with E-state index in [4.69, 9.17) is 9.94 Å². The SMILES string of the molecule is CC(C)(/C=N\O)N1CCOCC1. The minimum atomic E-state index is -0.168. The van der Waals surface area contributed by atoms with Crippen molar-refractivity contribution in [2.45, 2.75) is 19.4 Å². The second kappa shape index (κ2) is 3.87. The molecule has 0 aliphatic carbocycles. The molecule has 1 saturated heterocycles.